The lowest BCUT2D eigenvalue weighted by molar-refractivity contribution is -0.139. The standard InChI is InChI=1S/C41H42ClF3N4O5/c1-39(51)18-26(19-39)46-20-23-10-12-33(47-36(23)52-2)31-9-5-8-30(35(31)42)27-6-4-7-29-28(27)11-13-34(29)54-38-32(41(43,44)45)16-24(37(48-38)53-3)21-49-15-14-25-17-40(25,49)22-50/h4-10,12,16,22,25-26,34,46,51H,11,13-15,17-21H2,1-3H3/t25-,26-,34+,39-,40-/m1/s1. The number of hydrogen-bond acceptors (Lipinski definition) is 9. The number of likely N-dealkylation sites (tertiary alicyclic amines) is 1. The third-order valence-electron chi connectivity index (χ3n) is 11.7. The second kappa shape index (κ2) is 13.8. The van der Waals surface area contributed by atoms with Crippen LogP contribution >= 0.6 is 11.6 Å². The first kappa shape index (κ1) is 36.7. The van der Waals surface area contributed by atoms with Gasteiger partial charge in [0.2, 0.25) is 17.6 Å². The fourth-order valence-electron chi connectivity index (χ4n) is 8.75. The van der Waals surface area contributed by atoms with Crippen molar-refractivity contribution in [2.24, 2.45) is 5.92 Å². The predicted molar refractivity (Wildman–Crippen MR) is 197 cm³/mol. The minimum absolute atomic E-state index is 0.0425. The van der Waals surface area contributed by atoms with Gasteiger partial charge in [-0.3, -0.25) is 4.90 Å². The van der Waals surface area contributed by atoms with Crippen LogP contribution in [-0.2, 0) is 30.5 Å². The Bertz CT molecular complexity index is 2100. The number of methoxy groups -OCH3 is 2. The van der Waals surface area contributed by atoms with Gasteiger partial charge in [0.1, 0.15) is 18.0 Å². The van der Waals surface area contributed by atoms with Crippen LogP contribution in [0.4, 0.5) is 13.2 Å². The third-order valence-corrected chi connectivity index (χ3v) is 12.1. The number of aldehydes is 1. The number of nitrogens with one attached hydrogen (secondary N) is 1. The number of hydrogen-bond donors (Lipinski definition) is 2. The van der Waals surface area contributed by atoms with E-state index in [9.17, 15) is 23.1 Å². The summed E-state index contributed by atoms with van der Waals surface area (Å²) in [7, 11) is 2.95. The highest BCUT2D eigenvalue weighted by Gasteiger charge is 2.62. The Morgan fingerprint density at radius 2 is 1.69 bits per heavy atom. The number of alkyl halides is 3. The predicted octanol–water partition coefficient (Wildman–Crippen LogP) is 7.73. The van der Waals surface area contributed by atoms with E-state index in [0.717, 1.165) is 53.0 Å². The monoisotopic (exact) mass is 762 g/mol. The number of aromatic nitrogens is 2. The van der Waals surface area contributed by atoms with Crippen molar-refractivity contribution in [3.8, 4) is 40.0 Å². The lowest BCUT2D eigenvalue weighted by atomic mass is 9.77. The minimum atomic E-state index is -4.74. The van der Waals surface area contributed by atoms with Crippen LogP contribution < -0.4 is 19.5 Å². The summed E-state index contributed by atoms with van der Waals surface area (Å²) in [5.41, 5.74) is 3.62. The smallest absolute Gasteiger partial charge is 0.421 e. The summed E-state index contributed by atoms with van der Waals surface area (Å²) in [5.74, 6) is 0.226. The Kier molecular flexibility index (Phi) is 9.39. The Morgan fingerprint density at radius 1 is 0.963 bits per heavy atom. The molecule has 0 spiro atoms. The van der Waals surface area contributed by atoms with Crippen molar-refractivity contribution in [3.05, 3.63) is 87.4 Å². The summed E-state index contributed by atoms with van der Waals surface area (Å²) in [6.45, 7) is 3.13. The van der Waals surface area contributed by atoms with Crippen LogP contribution in [0.3, 0.4) is 0 Å². The first-order valence-corrected chi connectivity index (χ1v) is 18.7. The third kappa shape index (κ3) is 6.61. The molecule has 2 N–H and O–H groups in total. The van der Waals surface area contributed by atoms with Gasteiger partial charge in [-0.1, -0.05) is 54.1 Å². The molecule has 2 saturated carbocycles. The van der Waals surface area contributed by atoms with Crippen molar-refractivity contribution in [3.63, 3.8) is 0 Å². The fraction of sp³-hybridized carbons (Fsp3) is 0.439. The Morgan fingerprint density at radius 3 is 2.39 bits per heavy atom. The molecule has 0 radical (unpaired) electrons. The van der Waals surface area contributed by atoms with Gasteiger partial charge in [-0.25, -0.2) is 4.98 Å². The highest BCUT2D eigenvalue weighted by molar-refractivity contribution is 6.36. The highest BCUT2D eigenvalue weighted by Crippen LogP contribution is 2.55. The number of nitrogens with zero attached hydrogens (tertiary/aromatic N) is 3. The minimum Gasteiger partial charge on any atom is -0.481 e. The lowest BCUT2D eigenvalue weighted by Crippen LogP contribution is -2.51. The van der Waals surface area contributed by atoms with E-state index in [1.54, 1.807) is 7.11 Å². The van der Waals surface area contributed by atoms with Crippen LogP contribution in [0, 0.1) is 5.92 Å². The maximum absolute atomic E-state index is 14.6. The summed E-state index contributed by atoms with van der Waals surface area (Å²) < 4.78 is 61.1. The molecule has 3 aliphatic carbocycles. The maximum atomic E-state index is 14.6. The summed E-state index contributed by atoms with van der Waals surface area (Å²) in [4.78, 5) is 22.9. The Balaban J connectivity index is 1.05. The number of aliphatic hydroxyl groups is 1. The van der Waals surface area contributed by atoms with E-state index in [0.29, 0.717) is 60.9 Å². The molecule has 4 aromatic rings. The molecular weight excluding hydrogens is 721 g/mol. The summed E-state index contributed by atoms with van der Waals surface area (Å²) in [6.07, 6.45) is -0.553. The van der Waals surface area contributed by atoms with Crippen LogP contribution in [0.2, 0.25) is 5.02 Å². The Labute approximate surface area is 316 Å². The molecule has 2 aromatic heterocycles. The topological polar surface area (TPSA) is 106 Å². The SMILES string of the molecule is COc1nc(-c2cccc(-c3cccc4c3CC[C@@H]4Oc3nc(OC)c(CN4CC[C@@H]5C[C@@]54C=O)cc3C(F)(F)F)c2Cl)ccc1CN[C@H]1C[C@](C)(O)C1. The van der Waals surface area contributed by atoms with Gasteiger partial charge >= 0.3 is 6.18 Å². The average Bonchev–Trinajstić information content (AvgIpc) is 3.56. The molecule has 0 amide bonds. The van der Waals surface area contributed by atoms with Crippen molar-refractivity contribution in [1.29, 1.82) is 0 Å². The number of piperidine rings is 1. The lowest BCUT2D eigenvalue weighted by Gasteiger charge is -2.41. The van der Waals surface area contributed by atoms with Crippen LogP contribution in [0.25, 0.3) is 22.4 Å². The quantitative estimate of drug-likeness (QED) is 0.140. The average molecular weight is 763 g/mol. The Hall–Kier alpha value is -4.23. The number of ether oxygens (including phenoxy) is 3. The zero-order chi connectivity index (χ0) is 38.0. The second-order valence-electron chi connectivity index (χ2n) is 15.3. The number of benzene rings is 2. The van der Waals surface area contributed by atoms with E-state index in [4.69, 9.17) is 30.8 Å². The summed E-state index contributed by atoms with van der Waals surface area (Å²) in [6, 6.07) is 16.5. The number of fused-ring (bicyclic) bond motifs is 2. The van der Waals surface area contributed by atoms with E-state index in [-0.39, 0.29) is 29.9 Å². The van der Waals surface area contributed by atoms with E-state index >= 15 is 0 Å². The molecule has 9 nitrogen and oxygen atoms in total. The molecule has 3 heterocycles. The first-order valence-electron chi connectivity index (χ1n) is 18.3. The number of carbonyl (C=O) groups is 1. The molecule has 1 saturated heterocycles. The van der Waals surface area contributed by atoms with Gasteiger partial charge in [0, 0.05) is 41.4 Å². The number of pyridine rings is 2. The molecule has 0 bridgehead atoms. The van der Waals surface area contributed by atoms with Gasteiger partial charge < -0.3 is 29.4 Å². The number of rotatable bonds is 12. The van der Waals surface area contributed by atoms with Gasteiger partial charge in [-0.2, -0.15) is 18.2 Å². The van der Waals surface area contributed by atoms with Gasteiger partial charge in [0.05, 0.1) is 36.1 Å². The van der Waals surface area contributed by atoms with E-state index in [2.05, 4.69) is 10.3 Å². The molecule has 1 aliphatic heterocycles. The van der Waals surface area contributed by atoms with Crippen molar-refractivity contribution in [2.45, 2.75) is 88.0 Å². The fourth-order valence-corrected chi connectivity index (χ4v) is 9.07. The van der Waals surface area contributed by atoms with Crippen molar-refractivity contribution in [1.82, 2.24) is 20.2 Å². The van der Waals surface area contributed by atoms with E-state index in [1.807, 2.05) is 60.4 Å². The zero-order valence-corrected chi connectivity index (χ0v) is 31.1. The summed E-state index contributed by atoms with van der Waals surface area (Å²) in [5, 5.41) is 14.0. The van der Waals surface area contributed by atoms with Gasteiger partial charge in [0.15, 0.2) is 0 Å². The molecule has 13 heteroatoms. The van der Waals surface area contributed by atoms with Crippen molar-refractivity contribution >= 4 is 17.9 Å². The molecule has 3 fully saturated rings. The molecule has 54 heavy (non-hydrogen) atoms. The van der Waals surface area contributed by atoms with Crippen LogP contribution in [0.15, 0.2) is 54.6 Å². The summed E-state index contributed by atoms with van der Waals surface area (Å²) >= 11 is 7.13. The molecule has 8 rings (SSSR count). The van der Waals surface area contributed by atoms with Gasteiger partial charge in [-0.15, -0.1) is 0 Å². The molecule has 2 aromatic carbocycles. The first-order chi connectivity index (χ1) is 25.8. The van der Waals surface area contributed by atoms with Crippen LogP contribution in [0.5, 0.6) is 17.6 Å². The highest BCUT2D eigenvalue weighted by atomic mass is 35.5. The molecule has 3 atom stereocenters. The number of carbonyl (C=O) groups excluding carboxylic acids is 1. The normalized spacial score (nSPS) is 25.8. The molecule has 4 aliphatic rings. The second-order valence-corrected chi connectivity index (χ2v) is 15.6. The van der Waals surface area contributed by atoms with E-state index < -0.39 is 34.9 Å². The zero-order valence-electron chi connectivity index (χ0n) is 30.3. The van der Waals surface area contributed by atoms with Crippen molar-refractivity contribution < 1.29 is 37.3 Å². The molecule has 0 unspecified atom stereocenters. The van der Waals surface area contributed by atoms with Crippen LogP contribution in [0.1, 0.15) is 72.9 Å². The van der Waals surface area contributed by atoms with Crippen molar-refractivity contribution in [2.75, 3.05) is 20.8 Å². The maximum Gasteiger partial charge on any atom is 0.421 e. The molecule has 284 valence electrons. The van der Waals surface area contributed by atoms with Crippen LogP contribution in [-0.4, -0.2) is 64.2 Å². The van der Waals surface area contributed by atoms with Gasteiger partial charge in [-0.05, 0) is 86.7 Å². The van der Waals surface area contributed by atoms with Gasteiger partial charge in [0.25, 0.3) is 0 Å². The largest absolute Gasteiger partial charge is 0.481 e. The number of halogens is 4. The molecular formula is C41H42ClF3N4O5. The van der Waals surface area contributed by atoms with E-state index in [1.165, 1.54) is 7.11 Å².